The van der Waals surface area contributed by atoms with Crippen molar-refractivity contribution in [2.75, 3.05) is 0 Å². The van der Waals surface area contributed by atoms with Crippen molar-refractivity contribution >= 4 is 18.7 Å². The molecule has 0 rings (SSSR count). The van der Waals surface area contributed by atoms with Crippen molar-refractivity contribution < 1.29 is 9.18 Å². The van der Waals surface area contributed by atoms with Gasteiger partial charge >= 0.3 is 6.04 Å². The van der Waals surface area contributed by atoms with Gasteiger partial charge in [0.05, 0.1) is 0 Å². The third kappa shape index (κ3) is 3.69. The Kier molecular flexibility index (Phi) is 2.75. The highest BCUT2D eigenvalue weighted by Crippen LogP contribution is 1.78. The molecule has 0 spiro atoms. The maximum absolute atomic E-state index is 10.9. The quantitative estimate of drug-likeness (QED) is 0.299. The number of carbonyl (C=O) groups is 1. The van der Waals surface area contributed by atoms with Crippen LogP contribution >= 0.6 is 12.6 Å². The highest BCUT2D eigenvalue weighted by Gasteiger charge is 1.80. The molecule has 0 aliphatic carbocycles. The lowest BCUT2D eigenvalue weighted by molar-refractivity contribution is -0.124. The van der Waals surface area contributed by atoms with Crippen LogP contribution in [0, 0.1) is 0 Å². The summed E-state index contributed by atoms with van der Waals surface area (Å²) in [5.41, 5.74) is 0. The van der Waals surface area contributed by atoms with E-state index >= 15 is 0 Å². The first kappa shape index (κ1) is 5.69. The van der Waals surface area contributed by atoms with E-state index in [-0.39, 0.29) is 0 Å². The van der Waals surface area contributed by atoms with Crippen LogP contribution in [0.25, 0.3) is 0 Å². The van der Waals surface area contributed by atoms with Crippen molar-refractivity contribution in [1.29, 1.82) is 0 Å². The molecular weight excluding hydrogens is 103 g/mol. The normalized spacial score (nSPS) is 9.67. The van der Waals surface area contributed by atoms with Crippen LogP contribution in [0.2, 0.25) is 0 Å². The first-order valence-electron chi connectivity index (χ1n) is 1.27. The first-order chi connectivity index (χ1) is 2.77. The Hall–Kier alpha value is -0.310. The van der Waals surface area contributed by atoms with Gasteiger partial charge in [0.2, 0.25) is 0 Å². The SMILES string of the molecule is O=C(F)/C=C\S. The molecule has 0 aromatic carbocycles. The number of thiol groups is 1. The van der Waals surface area contributed by atoms with Gasteiger partial charge in [0, 0.05) is 6.08 Å². The standard InChI is InChI=1S/C3H3FOS/c4-3(5)1-2-6/h1-2,6H/b2-1-. The molecule has 0 aliphatic rings. The largest absolute Gasteiger partial charge is 0.325 e. The summed E-state index contributed by atoms with van der Waals surface area (Å²) in [6.45, 7) is 0. The van der Waals surface area contributed by atoms with Gasteiger partial charge in [-0.15, -0.1) is 0 Å². The highest BCUT2D eigenvalue weighted by molar-refractivity contribution is 7.83. The Morgan fingerprint density at radius 1 is 1.83 bits per heavy atom. The van der Waals surface area contributed by atoms with E-state index in [1.807, 2.05) is 0 Å². The molecule has 34 valence electrons. The van der Waals surface area contributed by atoms with E-state index in [0.717, 1.165) is 11.5 Å². The number of halogens is 1. The van der Waals surface area contributed by atoms with Crippen molar-refractivity contribution in [3.8, 4) is 0 Å². The molecule has 0 heterocycles. The molecule has 0 atom stereocenters. The molecule has 0 unspecified atom stereocenters. The maximum Gasteiger partial charge on any atom is 0.325 e. The van der Waals surface area contributed by atoms with Crippen LogP contribution in [-0.2, 0) is 4.79 Å². The summed E-state index contributed by atoms with van der Waals surface area (Å²) in [4.78, 5) is 9.24. The van der Waals surface area contributed by atoms with E-state index in [2.05, 4.69) is 12.6 Å². The third-order valence-electron chi connectivity index (χ3n) is 0.206. The number of allylic oxidation sites excluding steroid dienone is 1. The Labute approximate surface area is 40.3 Å². The average molecular weight is 106 g/mol. The molecule has 0 aliphatic heterocycles. The zero-order valence-electron chi connectivity index (χ0n) is 2.89. The predicted molar refractivity (Wildman–Crippen MR) is 24.2 cm³/mol. The minimum Gasteiger partial charge on any atom is -0.256 e. The van der Waals surface area contributed by atoms with Crippen molar-refractivity contribution in [1.82, 2.24) is 0 Å². The number of hydrogen-bond donors (Lipinski definition) is 1. The smallest absolute Gasteiger partial charge is 0.256 e. The summed E-state index contributed by atoms with van der Waals surface area (Å²) < 4.78 is 10.9. The van der Waals surface area contributed by atoms with Crippen LogP contribution < -0.4 is 0 Å². The van der Waals surface area contributed by atoms with Gasteiger partial charge in [0.15, 0.2) is 0 Å². The second-order valence-corrected chi connectivity index (χ2v) is 0.918. The zero-order valence-corrected chi connectivity index (χ0v) is 3.78. The van der Waals surface area contributed by atoms with Crippen molar-refractivity contribution in [2.24, 2.45) is 0 Å². The van der Waals surface area contributed by atoms with Gasteiger partial charge < -0.3 is 0 Å². The van der Waals surface area contributed by atoms with E-state index in [0.29, 0.717) is 0 Å². The highest BCUT2D eigenvalue weighted by atomic mass is 32.1. The van der Waals surface area contributed by atoms with Crippen molar-refractivity contribution in [3.63, 3.8) is 0 Å². The second-order valence-electron chi connectivity index (χ2n) is 0.620. The molecular formula is C3H3FOS. The second kappa shape index (κ2) is 2.90. The summed E-state index contributed by atoms with van der Waals surface area (Å²) in [7, 11) is 0. The van der Waals surface area contributed by atoms with Crippen LogP contribution in [-0.4, -0.2) is 6.04 Å². The number of hydrogen-bond acceptors (Lipinski definition) is 2. The first-order valence-corrected chi connectivity index (χ1v) is 1.79. The molecule has 0 aromatic heterocycles. The van der Waals surface area contributed by atoms with E-state index in [1.165, 1.54) is 0 Å². The maximum atomic E-state index is 10.9. The fourth-order valence-electron chi connectivity index (χ4n) is 0.0586. The molecule has 0 aromatic rings. The number of rotatable bonds is 1. The van der Waals surface area contributed by atoms with E-state index < -0.39 is 6.04 Å². The molecule has 0 bridgehead atoms. The van der Waals surface area contributed by atoms with Crippen LogP contribution in [0.5, 0.6) is 0 Å². The Morgan fingerprint density at radius 2 is 2.33 bits per heavy atom. The average Bonchev–Trinajstić information content (AvgIpc) is 1.35. The van der Waals surface area contributed by atoms with Crippen LogP contribution in [0.1, 0.15) is 0 Å². The van der Waals surface area contributed by atoms with Crippen molar-refractivity contribution in [3.05, 3.63) is 11.5 Å². The summed E-state index contributed by atoms with van der Waals surface area (Å²) in [6, 6.07) is -1.47. The van der Waals surface area contributed by atoms with E-state index in [1.54, 1.807) is 0 Å². The minimum absolute atomic E-state index is 0.725. The fourth-order valence-corrected chi connectivity index (χ4v) is 0.176. The minimum atomic E-state index is -1.47. The Bertz CT molecular complexity index is 78.9. The molecule has 3 heteroatoms. The fraction of sp³-hybridized carbons (Fsp3) is 0. The van der Waals surface area contributed by atoms with Crippen LogP contribution in [0.4, 0.5) is 4.39 Å². The van der Waals surface area contributed by atoms with Crippen molar-refractivity contribution in [2.45, 2.75) is 0 Å². The lowest BCUT2D eigenvalue weighted by Crippen LogP contribution is -1.72. The molecule has 0 radical (unpaired) electrons. The van der Waals surface area contributed by atoms with Gasteiger partial charge in [0.1, 0.15) is 0 Å². The molecule has 6 heavy (non-hydrogen) atoms. The summed E-state index contributed by atoms with van der Waals surface area (Å²) >= 11 is 3.42. The van der Waals surface area contributed by atoms with Gasteiger partial charge in [-0.1, -0.05) is 0 Å². The Balaban J connectivity index is 3.30. The van der Waals surface area contributed by atoms with E-state index in [4.69, 9.17) is 0 Å². The topological polar surface area (TPSA) is 17.1 Å². The summed E-state index contributed by atoms with van der Waals surface area (Å²) in [5.74, 6) is 0. The Morgan fingerprint density at radius 3 is 2.33 bits per heavy atom. The zero-order chi connectivity index (χ0) is 4.99. The van der Waals surface area contributed by atoms with Gasteiger partial charge in [-0.3, -0.25) is 4.79 Å². The molecule has 1 nitrogen and oxygen atoms in total. The molecule has 0 saturated carbocycles. The lowest BCUT2D eigenvalue weighted by atomic mass is 10.7. The number of carbonyl (C=O) groups excluding carboxylic acids is 1. The van der Waals surface area contributed by atoms with Crippen LogP contribution in [0.15, 0.2) is 11.5 Å². The summed E-state index contributed by atoms with van der Waals surface area (Å²) in [6.07, 6.45) is 0.725. The summed E-state index contributed by atoms with van der Waals surface area (Å²) in [5, 5.41) is 1.04. The predicted octanol–water partition coefficient (Wildman–Crippen LogP) is 0.926. The molecule has 0 amide bonds. The van der Waals surface area contributed by atoms with Crippen LogP contribution in [0.3, 0.4) is 0 Å². The molecule has 0 fully saturated rings. The molecule has 0 N–H and O–H groups in total. The third-order valence-corrected chi connectivity index (χ3v) is 0.355. The van der Waals surface area contributed by atoms with Gasteiger partial charge in [0.25, 0.3) is 0 Å². The van der Waals surface area contributed by atoms with E-state index in [9.17, 15) is 9.18 Å². The monoisotopic (exact) mass is 106 g/mol. The van der Waals surface area contributed by atoms with Gasteiger partial charge in [-0.05, 0) is 5.41 Å². The van der Waals surface area contributed by atoms with Gasteiger partial charge in [-0.2, -0.15) is 17.0 Å². The molecule has 0 saturated heterocycles. The van der Waals surface area contributed by atoms with Gasteiger partial charge in [-0.25, -0.2) is 0 Å². The lowest BCUT2D eigenvalue weighted by Gasteiger charge is -1.63.